The Labute approximate surface area is 114 Å². The fourth-order valence-electron chi connectivity index (χ4n) is 1.53. The van der Waals surface area contributed by atoms with Crippen molar-refractivity contribution >= 4 is 28.1 Å². The number of rotatable bonds is 3. The van der Waals surface area contributed by atoms with Crippen LogP contribution in [0.15, 0.2) is 39.9 Å². The molecule has 1 N–H and O–H groups in total. The summed E-state index contributed by atoms with van der Waals surface area (Å²) in [5, 5.41) is 4.11. The van der Waals surface area contributed by atoms with Crippen LogP contribution in [0.1, 0.15) is 17.0 Å². The highest BCUT2D eigenvalue weighted by molar-refractivity contribution is 9.10. The van der Waals surface area contributed by atoms with E-state index in [0.29, 0.717) is 5.95 Å². The van der Waals surface area contributed by atoms with Gasteiger partial charge in [-0.25, -0.2) is 15.4 Å². The molecule has 0 fully saturated rings. The molecule has 18 heavy (non-hydrogen) atoms. The SMILES string of the molecule is Cc1cc(C)nc(N/N=C\c2cccc(Br)c2)n1. The summed E-state index contributed by atoms with van der Waals surface area (Å²) in [6, 6.07) is 9.80. The number of hydrazone groups is 1. The summed E-state index contributed by atoms with van der Waals surface area (Å²) >= 11 is 3.41. The number of hydrogen-bond donors (Lipinski definition) is 1. The fraction of sp³-hybridized carbons (Fsp3) is 0.154. The van der Waals surface area contributed by atoms with Gasteiger partial charge in [-0.1, -0.05) is 28.1 Å². The number of benzene rings is 1. The first-order valence-electron chi connectivity index (χ1n) is 5.50. The van der Waals surface area contributed by atoms with Crippen LogP contribution in [0.3, 0.4) is 0 Å². The minimum absolute atomic E-state index is 0.513. The summed E-state index contributed by atoms with van der Waals surface area (Å²) in [6.45, 7) is 3.86. The Balaban J connectivity index is 2.07. The van der Waals surface area contributed by atoms with Crippen LogP contribution in [0.5, 0.6) is 0 Å². The lowest BCUT2D eigenvalue weighted by atomic mass is 10.2. The quantitative estimate of drug-likeness (QED) is 0.699. The van der Waals surface area contributed by atoms with E-state index in [2.05, 4.69) is 36.4 Å². The van der Waals surface area contributed by atoms with Crippen molar-refractivity contribution in [1.29, 1.82) is 0 Å². The van der Waals surface area contributed by atoms with Crippen LogP contribution in [0, 0.1) is 13.8 Å². The summed E-state index contributed by atoms with van der Waals surface area (Å²) in [5.74, 6) is 0.513. The van der Waals surface area contributed by atoms with E-state index < -0.39 is 0 Å². The Hall–Kier alpha value is -1.75. The van der Waals surface area contributed by atoms with Gasteiger partial charge in [0.2, 0.25) is 5.95 Å². The van der Waals surface area contributed by atoms with Crippen molar-refractivity contribution in [1.82, 2.24) is 9.97 Å². The molecule has 92 valence electrons. The summed E-state index contributed by atoms with van der Waals surface area (Å²) < 4.78 is 1.02. The van der Waals surface area contributed by atoms with Gasteiger partial charge >= 0.3 is 0 Å². The average Bonchev–Trinajstić information content (AvgIpc) is 2.27. The molecule has 0 atom stereocenters. The van der Waals surface area contributed by atoms with E-state index in [1.165, 1.54) is 0 Å². The van der Waals surface area contributed by atoms with E-state index in [1.807, 2.05) is 44.2 Å². The molecule has 5 heteroatoms. The van der Waals surface area contributed by atoms with Gasteiger partial charge in [-0.05, 0) is 37.6 Å². The van der Waals surface area contributed by atoms with Crippen LogP contribution >= 0.6 is 15.9 Å². The summed E-state index contributed by atoms with van der Waals surface area (Å²) in [4.78, 5) is 8.48. The lowest BCUT2D eigenvalue weighted by Gasteiger charge is -2.01. The molecule has 2 aromatic rings. The zero-order chi connectivity index (χ0) is 13.0. The van der Waals surface area contributed by atoms with E-state index in [0.717, 1.165) is 21.4 Å². The third-order valence-electron chi connectivity index (χ3n) is 2.21. The third-order valence-corrected chi connectivity index (χ3v) is 2.70. The van der Waals surface area contributed by atoms with Crippen molar-refractivity contribution in [2.75, 3.05) is 5.43 Å². The van der Waals surface area contributed by atoms with Gasteiger partial charge in [0, 0.05) is 15.9 Å². The number of hydrogen-bond acceptors (Lipinski definition) is 4. The molecular formula is C13H13BrN4. The van der Waals surface area contributed by atoms with Crippen LogP contribution in [0.25, 0.3) is 0 Å². The Morgan fingerprint density at radius 1 is 1.17 bits per heavy atom. The molecule has 1 aromatic carbocycles. The standard InChI is InChI=1S/C13H13BrN4/c1-9-6-10(2)17-13(16-9)18-15-8-11-4-3-5-12(14)7-11/h3-8H,1-2H3,(H,16,17,18)/b15-8-. The highest BCUT2D eigenvalue weighted by Crippen LogP contribution is 2.10. The van der Waals surface area contributed by atoms with Crippen LogP contribution in [-0.2, 0) is 0 Å². The molecule has 0 spiro atoms. The number of aryl methyl sites for hydroxylation is 2. The molecule has 4 nitrogen and oxygen atoms in total. The van der Waals surface area contributed by atoms with Gasteiger partial charge in [0.15, 0.2) is 0 Å². The lowest BCUT2D eigenvalue weighted by molar-refractivity contribution is 1.04. The van der Waals surface area contributed by atoms with Gasteiger partial charge in [0.1, 0.15) is 0 Å². The monoisotopic (exact) mass is 304 g/mol. The Morgan fingerprint density at radius 3 is 2.56 bits per heavy atom. The molecule has 0 aliphatic rings. The molecule has 1 heterocycles. The predicted octanol–water partition coefficient (Wildman–Crippen LogP) is 3.30. The maximum atomic E-state index is 4.24. The largest absolute Gasteiger partial charge is 0.245 e. The van der Waals surface area contributed by atoms with Gasteiger partial charge < -0.3 is 0 Å². The molecule has 2 rings (SSSR count). The molecule has 0 saturated heterocycles. The molecule has 1 aromatic heterocycles. The van der Waals surface area contributed by atoms with Gasteiger partial charge in [0.05, 0.1) is 6.21 Å². The van der Waals surface area contributed by atoms with E-state index in [1.54, 1.807) is 6.21 Å². The first kappa shape index (κ1) is 12.7. The predicted molar refractivity (Wildman–Crippen MR) is 76.9 cm³/mol. The van der Waals surface area contributed by atoms with Crippen molar-refractivity contribution in [3.63, 3.8) is 0 Å². The van der Waals surface area contributed by atoms with Crippen molar-refractivity contribution in [2.24, 2.45) is 5.10 Å². The minimum Gasteiger partial charge on any atom is -0.245 e. The van der Waals surface area contributed by atoms with Crippen LogP contribution in [0.4, 0.5) is 5.95 Å². The van der Waals surface area contributed by atoms with Crippen molar-refractivity contribution in [3.8, 4) is 0 Å². The van der Waals surface area contributed by atoms with Gasteiger partial charge in [-0.3, -0.25) is 0 Å². The number of nitrogens with zero attached hydrogens (tertiary/aromatic N) is 3. The first-order valence-corrected chi connectivity index (χ1v) is 6.30. The fourth-order valence-corrected chi connectivity index (χ4v) is 1.94. The van der Waals surface area contributed by atoms with E-state index >= 15 is 0 Å². The third kappa shape index (κ3) is 3.63. The molecule has 0 unspecified atom stereocenters. The topological polar surface area (TPSA) is 50.2 Å². The van der Waals surface area contributed by atoms with Crippen LogP contribution in [0.2, 0.25) is 0 Å². The number of aromatic nitrogens is 2. The van der Waals surface area contributed by atoms with Crippen molar-refractivity contribution in [2.45, 2.75) is 13.8 Å². The second-order valence-electron chi connectivity index (χ2n) is 3.90. The molecule has 0 aliphatic carbocycles. The normalized spacial score (nSPS) is 10.8. The summed E-state index contributed by atoms with van der Waals surface area (Å²) in [7, 11) is 0. The lowest BCUT2D eigenvalue weighted by Crippen LogP contribution is -1.99. The highest BCUT2D eigenvalue weighted by Gasteiger charge is 1.96. The van der Waals surface area contributed by atoms with E-state index in [9.17, 15) is 0 Å². The smallest absolute Gasteiger partial charge is 0.243 e. The minimum atomic E-state index is 0.513. The Morgan fingerprint density at radius 2 is 1.89 bits per heavy atom. The van der Waals surface area contributed by atoms with Gasteiger partial charge in [-0.2, -0.15) is 5.10 Å². The number of halogens is 1. The molecule has 0 amide bonds. The van der Waals surface area contributed by atoms with Gasteiger partial charge in [-0.15, -0.1) is 0 Å². The second-order valence-corrected chi connectivity index (χ2v) is 4.81. The van der Waals surface area contributed by atoms with Gasteiger partial charge in [0.25, 0.3) is 0 Å². The maximum absolute atomic E-state index is 4.24. The maximum Gasteiger partial charge on any atom is 0.243 e. The Kier molecular flexibility index (Phi) is 4.04. The second kappa shape index (κ2) is 5.73. The molecular weight excluding hydrogens is 292 g/mol. The van der Waals surface area contributed by atoms with E-state index in [4.69, 9.17) is 0 Å². The van der Waals surface area contributed by atoms with Crippen LogP contribution in [-0.4, -0.2) is 16.2 Å². The van der Waals surface area contributed by atoms with Crippen molar-refractivity contribution < 1.29 is 0 Å². The van der Waals surface area contributed by atoms with Crippen LogP contribution < -0.4 is 5.43 Å². The number of anilines is 1. The molecule has 0 aliphatic heterocycles. The summed E-state index contributed by atoms with van der Waals surface area (Å²) in [5.41, 5.74) is 5.67. The molecule has 0 bridgehead atoms. The highest BCUT2D eigenvalue weighted by atomic mass is 79.9. The first-order chi connectivity index (χ1) is 8.63. The average molecular weight is 305 g/mol. The summed E-state index contributed by atoms with van der Waals surface area (Å²) in [6.07, 6.45) is 1.73. The molecule has 0 radical (unpaired) electrons. The zero-order valence-electron chi connectivity index (χ0n) is 10.2. The molecule has 0 saturated carbocycles. The Bertz CT molecular complexity index is 561. The van der Waals surface area contributed by atoms with Crippen molar-refractivity contribution in [3.05, 3.63) is 51.8 Å². The number of nitrogens with one attached hydrogen (secondary N) is 1. The zero-order valence-corrected chi connectivity index (χ0v) is 11.8. The van der Waals surface area contributed by atoms with E-state index in [-0.39, 0.29) is 0 Å².